The molecule has 0 bridgehead atoms. The zero-order chi connectivity index (χ0) is 16.7. The number of nitrogens with zero attached hydrogens (tertiary/aromatic N) is 2. The summed E-state index contributed by atoms with van der Waals surface area (Å²) in [7, 11) is 2.05. The van der Waals surface area contributed by atoms with Gasteiger partial charge in [-0.15, -0.1) is 0 Å². The van der Waals surface area contributed by atoms with Crippen molar-refractivity contribution in [3.63, 3.8) is 0 Å². The SMILES string of the molecule is C[N+]1=c2cc(NC=Cc3ccc(O)cc3)c(O)c3c2=C(C=N3)CC1. The highest BCUT2D eigenvalue weighted by Crippen LogP contribution is 2.32. The van der Waals surface area contributed by atoms with Gasteiger partial charge in [-0.05, 0) is 29.3 Å². The summed E-state index contributed by atoms with van der Waals surface area (Å²) in [5, 5.41) is 25.1. The highest BCUT2D eigenvalue weighted by Gasteiger charge is 2.23. The van der Waals surface area contributed by atoms with Crippen molar-refractivity contribution in [1.82, 2.24) is 4.58 Å². The van der Waals surface area contributed by atoms with Crippen molar-refractivity contribution in [2.45, 2.75) is 6.42 Å². The second kappa shape index (κ2) is 5.53. The van der Waals surface area contributed by atoms with Gasteiger partial charge < -0.3 is 15.5 Å². The van der Waals surface area contributed by atoms with Gasteiger partial charge in [0.15, 0.2) is 5.75 Å². The van der Waals surface area contributed by atoms with E-state index in [1.807, 2.05) is 30.5 Å². The molecule has 0 radical (unpaired) electrons. The standard InChI is InChI=1S/C19H17N3O2/c1-22-9-7-13-11-21-18-17(13)16(22)10-15(19(18)24)20-8-6-12-2-4-14(23)5-3-12/h2-6,8,10-11H,7,9H2,1H3,(H2,20,21,23,24)/p+1. The molecule has 24 heavy (non-hydrogen) atoms. The molecular formula is C19H18N3O2+. The van der Waals surface area contributed by atoms with E-state index in [1.54, 1.807) is 18.3 Å². The number of aromatic hydroxyl groups is 2. The van der Waals surface area contributed by atoms with Gasteiger partial charge in [0.2, 0.25) is 5.36 Å². The van der Waals surface area contributed by atoms with Crippen LogP contribution in [0.25, 0.3) is 11.6 Å². The number of hydrogen-bond acceptors (Lipinski definition) is 4. The summed E-state index contributed by atoms with van der Waals surface area (Å²) in [6.07, 6.45) is 6.46. The number of hydrogen-bond donors (Lipinski definition) is 3. The van der Waals surface area contributed by atoms with Crippen molar-refractivity contribution in [3.8, 4) is 11.5 Å². The molecule has 2 aliphatic heterocycles. The Kier molecular flexibility index (Phi) is 3.34. The van der Waals surface area contributed by atoms with Crippen molar-refractivity contribution in [2.24, 2.45) is 4.99 Å². The number of rotatable bonds is 3. The Bertz CT molecular complexity index is 1000. The maximum Gasteiger partial charge on any atom is 0.211 e. The first-order chi connectivity index (χ1) is 11.6. The van der Waals surface area contributed by atoms with Crippen LogP contribution in [0.2, 0.25) is 0 Å². The quantitative estimate of drug-likeness (QED) is 0.594. The predicted molar refractivity (Wildman–Crippen MR) is 96.3 cm³/mol. The molecule has 0 amide bonds. The maximum atomic E-state index is 10.5. The smallest absolute Gasteiger partial charge is 0.211 e. The molecule has 4 rings (SSSR count). The van der Waals surface area contributed by atoms with Crippen LogP contribution in [0.4, 0.5) is 11.4 Å². The van der Waals surface area contributed by atoms with Crippen LogP contribution in [0.5, 0.6) is 11.5 Å². The van der Waals surface area contributed by atoms with Crippen LogP contribution < -0.4 is 20.5 Å². The molecule has 0 saturated heterocycles. The lowest BCUT2D eigenvalue weighted by atomic mass is 10.1. The number of phenolic OH excluding ortho intramolecular Hbond substituents is 2. The normalized spacial score (nSPS) is 15.2. The molecule has 3 N–H and O–H groups in total. The fourth-order valence-electron chi connectivity index (χ4n) is 3.12. The molecule has 5 nitrogen and oxygen atoms in total. The number of nitrogens with one attached hydrogen (secondary N) is 1. The first-order valence-corrected chi connectivity index (χ1v) is 7.87. The van der Waals surface area contributed by atoms with Crippen molar-refractivity contribution in [1.29, 1.82) is 0 Å². The fraction of sp³-hybridized carbons (Fsp3) is 0.158. The molecule has 0 atom stereocenters. The summed E-state index contributed by atoms with van der Waals surface area (Å²) in [4.78, 5) is 4.39. The number of aliphatic imine (C=N–C) groups is 1. The Balaban J connectivity index is 1.71. The zero-order valence-electron chi connectivity index (χ0n) is 13.3. The molecule has 0 saturated carbocycles. The van der Waals surface area contributed by atoms with Crippen molar-refractivity contribution >= 4 is 29.2 Å². The molecule has 2 aliphatic rings. The lowest BCUT2D eigenvalue weighted by Gasteiger charge is -2.09. The van der Waals surface area contributed by atoms with Gasteiger partial charge in [-0.25, -0.2) is 4.58 Å². The van der Waals surface area contributed by atoms with Gasteiger partial charge in [0.05, 0.1) is 10.9 Å². The number of anilines is 1. The van der Waals surface area contributed by atoms with Crippen LogP contribution in [-0.4, -0.2) is 30.0 Å². The van der Waals surface area contributed by atoms with Gasteiger partial charge >= 0.3 is 0 Å². The lowest BCUT2D eigenvalue weighted by molar-refractivity contribution is 0.475. The molecule has 0 aromatic heterocycles. The van der Waals surface area contributed by atoms with Gasteiger partial charge in [0, 0.05) is 24.9 Å². The summed E-state index contributed by atoms with van der Waals surface area (Å²) in [6.45, 7) is 0.946. The number of phenols is 2. The molecule has 120 valence electrons. The summed E-state index contributed by atoms with van der Waals surface area (Å²) >= 11 is 0. The third-order valence-corrected chi connectivity index (χ3v) is 4.46. The average molecular weight is 320 g/mol. The average Bonchev–Trinajstić information content (AvgIpc) is 3.01. The maximum absolute atomic E-state index is 10.5. The minimum absolute atomic E-state index is 0.172. The molecule has 2 aromatic carbocycles. The van der Waals surface area contributed by atoms with Gasteiger partial charge in [-0.3, -0.25) is 4.99 Å². The van der Waals surface area contributed by atoms with Crippen molar-refractivity contribution in [3.05, 3.63) is 52.7 Å². The van der Waals surface area contributed by atoms with E-state index in [9.17, 15) is 10.2 Å². The Morgan fingerprint density at radius 2 is 2.00 bits per heavy atom. The molecule has 0 fully saturated rings. The summed E-state index contributed by atoms with van der Waals surface area (Å²) in [5.41, 5.74) is 3.42. The van der Waals surface area contributed by atoms with Crippen LogP contribution in [0, 0.1) is 0 Å². The molecule has 5 heteroatoms. The van der Waals surface area contributed by atoms with Crippen LogP contribution in [0.15, 0.2) is 41.5 Å². The second-order valence-corrected chi connectivity index (χ2v) is 6.04. The van der Waals surface area contributed by atoms with E-state index >= 15 is 0 Å². The second-order valence-electron chi connectivity index (χ2n) is 6.04. The van der Waals surface area contributed by atoms with Gasteiger partial charge in [-0.1, -0.05) is 12.1 Å². The van der Waals surface area contributed by atoms with Gasteiger partial charge in [0.25, 0.3) is 0 Å². The van der Waals surface area contributed by atoms with Crippen LogP contribution in [0.1, 0.15) is 12.0 Å². The van der Waals surface area contributed by atoms with Crippen LogP contribution >= 0.6 is 0 Å². The highest BCUT2D eigenvalue weighted by molar-refractivity contribution is 6.08. The molecule has 2 heterocycles. The summed E-state index contributed by atoms with van der Waals surface area (Å²) in [6, 6.07) is 8.87. The molecule has 0 aliphatic carbocycles. The van der Waals surface area contributed by atoms with Gasteiger partial charge in [0.1, 0.15) is 25.0 Å². The largest absolute Gasteiger partial charge is 0.508 e. The topological polar surface area (TPSA) is 67.9 Å². The third kappa shape index (κ3) is 2.34. The third-order valence-electron chi connectivity index (χ3n) is 4.46. The van der Waals surface area contributed by atoms with E-state index in [0.29, 0.717) is 11.4 Å². The van der Waals surface area contributed by atoms with E-state index in [0.717, 1.165) is 29.1 Å². The Morgan fingerprint density at radius 3 is 2.79 bits per heavy atom. The van der Waals surface area contributed by atoms with Crippen LogP contribution in [0.3, 0.4) is 0 Å². The van der Waals surface area contributed by atoms with E-state index < -0.39 is 0 Å². The molecule has 0 unspecified atom stereocenters. The number of benzene rings is 2. The van der Waals surface area contributed by atoms with Crippen molar-refractivity contribution < 1.29 is 10.2 Å². The highest BCUT2D eigenvalue weighted by atomic mass is 16.3. The first-order valence-electron chi connectivity index (χ1n) is 7.87. The Labute approximate surface area is 139 Å². The van der Waals surface area contributed by atoms with E-state index in [-0.39, 0.29) is 11.5 Å². The zero-order valence-corrected chi connectivity index (χ0v) is 13.3. The minimum atomic E-state index is 0.172. The fourth-order valence-corrected chi connectivity index (χ4v) is 3.12. The van der Waals surface area contributed by atoms with E-state index in [2.05, 4.69) is 21.9 Å². The molecule has 2 aromatic rings. The molecule has 0 spiro atoms. The summed E-state index contributed by atoms with van der Waals surface area (Å²) < 4.78 is 2.19. The summed E-state index contributed by atoms with van der Waals surface area (Å²) in [5.74, 6) is 0.411. The lowest BCUT2D eigenvalue weighted by Crippen LogP contribution is -2.42. The van der Waals surface area contributed by atoms with E-state index in [4.69, 9.17) is 0 Å². The monoisotopic (exact) mass is 320 g/mol. The predicted octanol–water partition coefficient (Wildman–Crippen LogP) is 1.57. The Hall–Kier alpha value is -3.08. The molecular weight excluding hydrogens is 302 g/mol. The Morgan fingerprint density at radius 1 is 1.21 bits per heavy atom. The van der Waals surface area contributed by atoms with Gasteiger partial charge in [-0.2, -0.15) is 0 Å². The van der Waals surface area contributed by atoms with E-state index in [1.165, 1.54) is 5.57 Å². The van der Waals surface area contributed by atoms with Crippen LogP contribution in [-0.2, 0) is 0 Å². The first kappa shape index (κ1) is 14.5. The minimum Gasteiger partial charge on any atom is -0.508 e. The van der Waals surface area contributed by atoms with Crippen molar-refractivity contribution in [2.75, 3.05) is 18.9 Å².